The van der Waals surface area contributed by atoms with Crippen LogP contribution in [0.15, 0.2) is 35.4 Å². The van der Waals surface area contributed by atoms with Crippen LogP contribution < -0.4 is 0 Å². The van der Waals surface area contributed by atoms with E-state index in [0.717, 1.165) is 0 Å². The molecule has 2 rings (SSSR count). The molecule has 0 radical (unpaired) electrons. The number of aliphatic carboxylic acids is 1. The molecular weight excluding hydrogens is 260 g/mol. The molecule has 0 spiro atoms. The average molecular weight is 274 g/mol. The smallest absolute Gasteiger partial charge is 0.331 e. The molecule has 0 bridgehead atoms. The summed E-state index contributed by atoms with van der Waals surface area (Å²) in [6.45, 7) is 0.504. The van der Waals surface area contributed by atoms with Gasteiger partial charge in [0, 0.05) is 24.4 Å². The molecule has 0 saturated carbocycles. The molecule has 1 aliphatic heterocycles. The highest BCUT2D eigenvalue weighted by Gasteiger charge is 2.38. The van der Waals surface area contributed by atoms with Crippen molar-refractivity contribution in [2.45, 2.75) is 12.5 Å². The Kier molecular flexibility index (Phi) is 4.22. The fourth-order valence-electron chi connectivity index (χ4n) is 2.42. The number of carboxylic acid groups (broad SMARTS) is 1. The molecule has 0 aliphatic carbocycles. The highest BCUT2D eigenvalue weighted by Crippen LogP contribution is 2.29. The summed E-state index contributed by atoms with van der Waals surface area (Å²) in [6, 6.07) is 7.66. The van der Waals surface area contributed by atoms with E-state index in [0.29, 0.717) is 12.1 Å². The number of carbonyl (C=O) groups excluding carboxylic acids is 1. The second kappa shape index (κ2) is 6.08. The molecule has 1 aromatic carbocycles. The maximum absolute atomic E-state index is 12.0. The van der Waals surface area contributed by atoms with E-state index in [1.165, 1.54) is 4.90 Å². The van der Waals surface area contributed by atoms with Gasteiger partial charge in [0.25, 0.3) is 0 Å². The monoisotopic (exact) mass is 274 g/mol. The molecule has 7 heteroatoms. The predicted octanol–water partition coefficient (Wildman–Crippen LogP) is 1.97. The predicted molar refractivity (Wildman–Crippen MR) is 70.7 cm³/mol. The summed E-state index contributed by atoms with van der Waals surface area (Å²) in [5.41, 5.74) is 8.87. The number of nitrogens with zero attached hydrogens (tertiary/aromatic N) is 4. The van der Waals surface area contributed by atoms with Gasteiger partial charge in [0.1, 0.15) is 0 Å². The second-order valence-corrected chi connectivity index (χ2v) is 4.68. The fourth-order valence-corrected chi connectivity index (χ4v) is 2.42. The van der Waals surface area contributed by atoms with Gasteiger partial charge in [-0.05, 0) is 17.0 Å². The van der Waals surface area contributed by atoms with E-state index in [2.05, 4.69) is 10.0 Å². The number of azide groups is 1. The van der Waals surface area contributed by atoms with E-state index in [9.17, 15) is 14.7 Å². The number of benzene rings is 1. The minimum atomic E-state index is -1.06. The van der Waals surface area contributed by atoms with E-state index < -0.39 is 12.0 Å². The number of amides is 1. The Labute approximate surface area is 115 Å². The Morgan fingerprint density at radius 3 is 2.80 bits per heavy atom. The third-order valence-electron chi connectivity index (χ3n) is 3.30. The van der Waals surface area contributed by atoms with Crippen molar-refractivity contribution in [1.82, 2.24) is 4.90 Å². The summed E-state index contributed by atoms with van der Waals surface area (Å²) in [6.07, 6.45) is 0.218. The van der Waals surface area contributed by atoms with Gasteiger partial charge in [0.15, 0.2) is 6.04 Å². The summed E-state index contributed by atoms with van der Waals surface area (Å²) >= 11 is 0. The van der Waals surface area contributed by atoms with Gasteiger partial charge in [-0.15, -0.1) is 0 Å². The topological polar surface area (TPSA) is 106 Å². The van der Waals surface area contributed by atoms with Crippen molar-refractivity contribution in [3.05, 3.63) is 46.3 Å². The molecule has 1 aromatic rings. The molecule has 1 heterocycles. The SMILES string of the molecule is [N-]=[N+]=NCC1CC(=O)N(C(C(=O)O)c2ccccc2)C1. The van der Waals surface area contributed by atoms with Gasteiger partial charge in [0.05, 0.1) is 0 Å². The number of hydrogen-bond donors (Lipinski definition) is 1. The summed E-state index contributed by atoms with van der Waals surface area (Å²) in [5.74, 6) is -1.41. The molecule has 1 saturated heterocycles. The zero-order valence-electron chi connectivity index (χ0n) is 10.7. The Hall–Kier alpha value is -2.53. The fraction of sp³-hybridized carbons (Fsp3) is 0.385. The van der Waals surface area contributed by atoms with E-state index in [1.54, 1.807) is 30.3 Å². The zero-order valence-corrected chi connectivity index (χ0v) is 10.7. The summed E-state index contributed by atoms with van der Waals surface area (Å²) in [7, 11) is 0. The van der Waals surface area contributed by atoms with Crippen molar-refractivity contribution >= 4 is 11.9 Å². The molecule has 2 unspecified atom stereocenters. The van der Waals surface area contributed by atoms with Gasteiger partial charge in [-0.2, -0.15) is 0 Å². The summed E-state index contributed by atoms with van der Waals surface area (Å²) in [5, 5.41) is 12.8. The molecule has 2 atom stereocenters. The summed E-state index contributed by atoms with van der Waals surface area (Å²) < 4.78 is 0. The molecular formula is C13H14N4O3. The van der Waals surface area contributed by atoms with Crippen molar-refractivity contribution in [2.75, 3.05) is 13.1 Å². The van der Waals surface area contributed by atoms with Gasteiger partial charge in [-0.25, -0.2) is 4.79 Å². The molecule has 1 aliphatic rings. The van der Waals surface area contributed by atoms with Crippen LogP contribution in [0.25, 0.3) is 10.4 Å². The largest absolute Gasteiger partial charge is 0.479 e. The standard InChI is InChI=1S/C13H14N4O3/c14-16-15-7-9-6-11(18)17(8-9)12(13(19)20)10-4-2-1-3-5-10/h1-5,9,12H,6-8H2,(H,19,20). The first-order valence-electron chi connectivity index (χ1n) is 6.21. The van der Waals surface area contributed by atoms with Crippen molar-refractivity contribution in [2.24, 2.45) is 11.0 Å². The van der Waals surface area contributed by atoms with Gasteiger partial charge < -0.3 is 10.0 Å². The first-order chi connectivity index (χ1) is 9.63. The van der Waals surface area contributed by atoms with Crippen molar-refractivity contribution in [1.29, 1.82) is 0 Å². The van der Waals surface area contributed by atoms with Crippen LogP contribution in [0.5, 0.6) is 0 Å². The van der Waals surface area contributed by atoms with Crippen LogP contribution in [0, 0.1) is 5.92 Å². The lowest BCUT2D eigenvalue weighted by atomic mass is 10.1. The number of carboxylic acids is 1. The highest BCUT2D eigenvalue weighted by molar-refractivity contribution is 5.86. The van der Waals surface area contributed by atoms with E-state index in [1.807, 2.05) is 0 Å². The Morgan fingerprint density at radius 2 is 2.20 bits per heavy atom. The molecule has 1 fully saturated rings. The van der Waals surface area contributed by atoms with Crippen molar-refractivity contribution in [3.8, 4) is 0 Å². The minimum absolute atomic E-state index is 0.121. The normalized spacial score (nSPS) is 19.5. The minimum Gasteiger partial charge on any atom is -0.479 e. The van der Waals surface area contributed by atoms with Gasteiger partial charge in [0.2, 0.25) is 5.91 Å². The molecule has 0 aromatic heterocycles. The Bertz CT molecular complexity index is 554. The Morgan fingerprint density at radius 1 is 1.50 bits per heavy atom. The first kappa shape index (κ1) is 13.9. The maximum Gasteiger partial charge on any atom is 0.331 e. The number of rotatable bonds is 5. The van der Waals surface area contributed by atoms with Crippen LogP contribution in [0.2, 0.25) is 0 Å². The van der Waals surface area contributed by atoms with Crippen LogP contribution in [-0.2, 0) is 9.59 Å². The van der Waals surface area contributed by atoms with Crippen LogP contribution in [0.4, 0.5) is 0 Å². The quantitative estimate of drug-likeness (QED) is 0.504. The number of likely N-dealkylation sites (tertiary alicyclic amines) is 1. The lowest BCUT2D eigenvalue weighted by Gasteiger charge is -2.25. The molecule has 104 valence electrons. The third kappa shape index (κ3) is 2.89. The van der Waals surface area contributed by atoms with Gasteiger partial charge >= 0.3 is 5.97 Å². The van der Waals surface area contributed by atoms with E-state index in [4.69, 9.17) is 5.53 Å². The van der Waals surface area contributed by atoms with Crippen molar-refractivity contribution in [3.63, 3.8) is 0 Å². The van der Waals surface area contributed by atoms with Crippen LogP contribution in [-0.4, -0.2) is 35.0 Å². The van der Waals surface area contributed by atoms with Crippen LogP contribution >= 0.6 is 0 Å². The van der Waals surface area contributed by atoms with Crippen LogP contribution in [0.3, 0.4) is 0 Å². The van der Waals surface area contributed by atoms with E-state index >= 15 is 0 Å². The molecule has 7 nitrogen and oxygen atoms in total. The lowest BCUT2D eigenvalue weighted by molar-refractivity contribution is -0.148. The number of hydrogen-bond acceptors (Lipinski definition) is 3. The van der Waals surface area contributed by atoms with E-state index in [-0.39, 0.29) is 24.8 Å². The third-order valence-corrected chi connectivity index (χ3v) is 3.30. The van der Waals surface area contributed by atoms with Crippen LogP contribution in [0.1, 0.15) is 18.0 Å². The maximum atomic E-state index is 12.0. The lowest BCUT2D eigenvalue weighted by Crippen LogP contribution is -2.35. The second-order valence-electron chi connectivity index (χ2n) is 4.68. The Balaban J connectivity index is 2.21. The van der Waals surface area contributed by atoms with Gasteiger partial charge in [-0.1, -0.05) is 35.4 Å². The average Bonchev–Trinajstić information content (AvgIpc) is 2.79. The molecule has 20 heavy (non-hydrogen) atoms. The zero-order chi connectivity index (χ0) is 14.5. The highest BCUT2D eigenvalue weighted by atomic mass is 16.4. The molecule has 1 N–H and O–H groups in total. The van der Waals surface area contributed by atoms with Gasteiger partial charge in [-0.3, -0.25) is 4.79 Å². The van der Waals surface area contributed by atoms with Crippen molar-refractivity contribution < 1.29 is 14.7 Å². The summed E-state index contributed by atoms with van der Waals surface area (Å²) in [4.78, 5) is 27.5. The first-order valence-corrected chi connectivity index (χ1v) is 6.21. The number of carbonyl (C=O) groups is 2. The molecule has 1 amide bonds.